The molecular weight excluding hydrogens is 345 g/mol. The van der Waals surface area contributed by atoms with Crippen molar-refractivity contribution in [1.29, 1.82) is 0 Å². The zero-order valence-corrected chi connectivity index (χ0v) is 14.6. The van der Waals surface area contributed by atoms with Gasteiger partial charge in [-0.25, -0.2) is 14.0 Å². The minimum atomic E-state index is -1.06. The number of carbonyl (C=O) groups excluding carboxylic acids is 3. The summed E-state index contributed by atoms with van der Waals surface area (Å²) in [6.45, 7) is 0.327. The number of Topliss-reactive ketones (excluding diaryl/α,β-unsaturated/α-hetero) is 1. The van der Waals surface area contributed by atoms with Gasteiger partial charge in [-0.15, -0.1) is 0 Å². The molecule has 0 aliphatic carbocycles. The zero-order valence-electron chi connectivity index (χ0n) is 14.6. The summed E-state index contributed by atoms with van der Waals surface area (Å²) in [5.74, 6) is -1.79. The summed E-state index contributed by atoms with van der Waals surface area (Å²) in [5.41, 5.74) is 0.449. The number of benzene rings is 1. The van der Waals surface area contributed by atoms with E-state index in [9.17, 15) is 18.8 Å². The highest BCUT2D eigenvalue weighted by atomic mass is 19.1. The highest BCUT2D eigenvalue weighted by Gasteiger charge is 2.44. The van der Waals surface area contributed by atoms with Gasteiger partial charge in [-0.2, -0.15) is 5.11 Å². The fourth-order valence-electron chi connectivity index (χ4n) is 2.60. The Morgan fingerprint density at radius 1 is 1.08 bits per heavy atom. The minimum Gasteiger partial charge on any atom is -0.467 e. The zero-order chi connectivity index (χ0) is 19.1. The molecule has 1 aromatic carbocycles. The third kappa shape index (κ3) is 4.62. The molecule has 8 nitrogen and oxygen atoms in total. The van der Waals surface area contributed by atoms with E-state index in [2.05, 4.69) is 15.1 Å². The van der Waals surface area contributed by atoms with Gasteiger partial charge in [-0.05, 0) is 37.1 Å². The smallest absolute Gasteiger partial charge is 0.335 e. The first-order chi connectivity index (χ1) is 12.5. The van der Waals surface area contributed by atoms with E-state index in [4.69, 9.17) is 4.74 Å². The van der Waals surface area contributed by atoms with E-state index in [1.807, 2.05) is 0 Å². The molecule has 2 unspecified atom stereocenters. The lowest BCUT2D eigenvalue weighted by Gasteiger charge is -2.22. The summed E-state index contributed by atoms with van der Waals surface area (Å²) in [7, 11) is 2.42. The molecule has 9 heteroatoms. The van der Waals surface area contributed by atoms with Gasteiger partial charge in [0.1, 0.15) is 5.82 Å². The number of methoxy groups -OCH3 is 2. The number of ether oxygens (including phenoxy) is 2. The Morgan fingerprint density at radius 2 is 1.73 bits per heavy atom. The van der Waals surface area contributed by atoms with Gasteiger partial charge in [0.2, 0.25) is 6.04 Å². The van der Waals surface area contributed by atoms with Crippen LogP contribution in [0.4, 0.5) is 4.39 Å². The van der Waals surface area contributed by atoms with Gasteiger partial charge in [0.05, 0.1) is 14.2 Å². The van der Waals surface area contributed by atoms with Crippen molar-refractivity contribution in [3.05, 3.63) is 35.6 Å². The Bertz CT molecular complexity index is 692. The Labute approximate surface area is 149 Å². The first kappa shape index (κ1) is 19.5. The molecule has 26 heavy (non-hydrogen) atoms. The number of ketones is 1. The molecule has 1 aromatic rings. The number of nitrogens with zero attached hydrogens (tertiary/aromatic N) is 3. The lowest BCUT2D eigenvalue weighted by atomic mass is 10.0. The van der Waals surface area contributed by atoms with Gasteiger partial charge in [0.25, 0.3) is 0 Å². The van der Waals surface area contributed by atoms with Crippen LogP contribution in [0.2, 0.25) is 0 Å². The molecule has 1 aliphatic heterocycles. The van der Waals surface area contributed by atoms with Crippen LogP contribution in [0.1, 0.15) is 29.6 Å². The number of carbonyl (C=O) groups is 3. The van der Waals surface area contributed by atoms with E-state index in [0.29, 0.717) is 24.9 Å². The van der Waals surface area contributed by atoms with E-state index in [0.717, 1.165) is 0 Å². The summed E-state index contributed by atoms with van der Waals surface area (Å²) in [5, 5.41) is 9.00. The highest BCUT2D eigenvalue weighted by Crippen LogP contribution is 2.21. The van der Waals surface area contributed by atoms with Crippen molar-refractivity contribution in [1.82, 2.24) is 5.01 Å². The van der Waals surface area contributed by atoms with Crippen molar-refractivity contribution in [2.45, 2.75) is 31.3 Å². The Balaban J connectivity index is 1.85. The monoisotopic (exact) mass is 365 g/mol. The second-order valence-electron chi connectivity index (χ2n) is 5.69. The summed E-state index contributed by atoms with van der Waals surface area (Å²) in [6.07, 6.45) is 1.37. The number of esters is 2. The number of hydrogen-bond acceptors (Lipinski definition) is 8. The second-order valence-corrected chi connectivity index (χ2v) is 5.69. The molecule has 1 heterocycles. The topological polar surface area (TPSA) is 97.6 Å². The van der Waals surface area contributed by atoms with Crippen molar-refractivity contribution in [2.24, 2.45) is 10.3 Å². The lowest BCUT2D eigenvalue weighted by Crippen LogP contribution is -2.46. The van der Waals surface area contributed by atoms with Crippen molar-refractivity contribution in [2.75, 3.05) is 20.8 Å². The number of unbranched alkanes of at least 4 members (excludes halogenated alkanes) is 1. The number of halogens is 1. The van der Waals surface area contributed by atoms with Gasteiger partial charge >= 0.3 is 11.9 Å². The third-order valence-corrected chi connectivity index (χ3v) is 4.00. The van der Waals surface area contributed by atoms with Crippen molar-refractivity contribution >= 4 is 17.7 Å². The molecule has 0 N–H and O–H groups in total. The summed E-state index contributed by atoms with van der Waals surface area (Å²) in [4.78, 5) is 35.7. The Kier molecular flexibility index (Phi) is 6.76. The molecule has 0 amide bonds. The quantitative estimate of drug-likeness (QED) is 0.397. The molecule has 0 bridgehead atoms. The van der Waals surface area contributed by atoms with E-state index in [-0.39, 0.29) is 12.2 Å². The molecule has 0 saturated heterocycles. The van der Waals surface area contributed by atoms with E-state index in [1.165, 1.54) is 43.5 Å². The molecule has 2 rings (SSSR count). The molecule has 140 valence electrons. The first-order valence-corrected chi connectivity index (χ1v) is 8.09. The Hall–Kier alpha value is -2.84. The van der Waals surface area contributed by atoms with Gasteiger partial charge in [0, 0.05) is 18.5 Å². The number of hydrogen-bond donors (Lipinski definition) is 0. The SMILES string of the molecule is COC(=O)C1N=NN(CCCCC(=O)c2ccc(F)cc2)C1C(=O)OC. The minimum absolute atomic E-state index is 0.0926. The normalized spacial score (nSPS) is 18.7. The summed E-state index contributed by atoms with van der Waals surface area (Å²) < 4.78 is 22.2. The average Bonchev–Trinajstić information content (AvgIpc) is 3.08. The van der Waals surface area contributed by atoms with Gasteiger partial charge in [-0.1, -0.05) is 5.22 Å². The van der Waals surface area contributed by atoms with Crippen LogP contribution in [0.25, 0.3) is 0 Å². The fourth-order valence-corrected chi connectivity index (χ4v) is 2.60. The molecule has 0 aromatic heterocycles. The third-order valence-electron chi connectivity index (χ3n) is 4.00. The predicted octanol–water partition coefficient (Wildman–Crippen LogP) is 1.94. The van der Waals surface area contributed by atoms with Crippen LogP contribution in [0.3, 0.4) is 0 Å². The lowest BCUT2D eigenvalue weighted by molar-refractivity contribution is -0.153. The Morgan fingerprint density at radius 3 is 2.35 bits per heavy atom. The largest absolute Gasteiger partial charge is 0.467 e. The molecular formula is C17H20FN3O5. The van der Waals surface area contributed by atoms with Crippen molar-refractivity contribution in [3.8, 4) is 0 Å². The van der Waals surface area contributed by atoms with Gasteiger partial charge < -0.3 is 9.47 Å². The van der Waals surface area contributed by atoms with Gasteiger partial charge in [0.15, 0.2) is 11.8 Å². The van der Waals surface area contributed by atoms with Crippen LogP contribution in [0, 0.1) is 5.82 Å². The van der Waals surface area contributed by atoms with Crippen LogP contribution < -0.4 is 0 Å². The van der Waals surface area contributed by atoms with Crippen LogP contribution in [0.5, 0.6) is 0 Å². The van der Waals surface area contributed by atoms with Crippen LogP contribution >= 0.6 is 0 Å². The van der Waals surface area contributed by atoms with E-state index >= 15 is 0 Å². The maximum Gasteiger partial charge on any atom is 0.335 e. The average molecular weight is 365 g/mol. The summed E-state index contributed by atoms with van der Waals surface area (Å²) >= 11 is 0. The van der Waals surface area contributed by atoms with E-state index in [1.54, 1.807) is 0 Å². The molecule has 0 saturated carbocycles. The van der Waals surface area contributed by atoms with Crippen LogP contribution in [-0.2, 0) is 19.1 Å². The van der Waals surface area contributed by atoms with E-state index < -0.39 is 29.8 Å². The molecule has 0 fully saturated rings. The fraction of sp³-hybridized carbons (Fsp3) is 0.471. The second kappa shape index (κ2) is 9.02. The standard InChI is InChI=1S/C17H20FN3O5/c1-25-16(23)14-15(17(24)26-2)21(20-19-14)10-4-3-5-13(22)11-6-8-12(18)9-7-11/h6-9,14-15H,3-5,10H2,1-2H3. The van der Waals surface area contributed by atoms with Crippen molar-refractivity contribution < 1.29 is 28.2 Å². The van der Waals surface area contributed by atoms with Crippen molar-refractivity contribution in [3.63, 3.8) is 0 Å². The molecule has 0 spiro atoms. The highest BCUT2D eigenvalue weighted by molar-refractivity contribution is 5.95. The molecule has 1 aliphatic rings. The van der Waals surface area contributed by atoms with Gasteiger partial charge in [-0.3, -0.25) is 9.80 Å². The molecule has 2 atom stereocenters. The maximum absolute atomic E-state index is 12.9. The summed E-state index contributed by atoms with van der Waals surface area (Å²) in [6, 6.07) is 3.34. The maximum atomic E-state index is 12.9. The van der Waals surface area contributed by atoms with Crippen LogP contribution in [0.15, 0.2) is 34.6 Å². The first-order valence-electron chi connectivity index (χ1n) is 8.09. The predicted molar refractivity (Wildman–Crippen MR) is 87.8 cm³/mol. The molecule has 0 radical (unpaired) electrons. The van der Waals surface area contributed by atoms with Crippen LogP contribution in [-0.4, -0.2) is 55.6 Å². The number of rotatable bonds is 8.